The first-order valence-corrected chi connectivity index (χ1v) is 10.1. The van der Waals surface area contributed by atoms with Gasteiger partial charge in [-0.2, -0.15) is 13.2 Å². The second kappa shape index (κ2) is 8.49. The van der Waals surface area contributed by atoms with Crippen molar-refractivity contribution in [3.63, 3.8) is 0 Å². The normalized spacial score (nSPS) is 19.3. The number of fused-ring (bicyclic) bond motifs is 1. The van der Waals surface area contributed by atoms with E-state index in [0.717, 1.165) is 6.07 Å². The largest absolute Gasteiger partial charge is 0.418 e. The Morgan fingerprint density at radius 2 is 1.71 bits per heavy atom. The lowest BCUT2D eigenvalue weighted by Crippen LogP contribution is -2.32. The molecular formula is C22H21F3N4O2. The highest BCUT2D eigenvalue weighted by Crippen LogP contribution is 2.36. The SMILES string of the molecule is O=C(Nc1ccccc1C(F)(F)F)C1CCC(Cn2nnc3ccccc3c2=O)CC1. The Bertz CT molecular complexity index is 1150. The first kappa shape index (κ1) is 21.0. The van der Waals surface area contributed by atoms with Gasteiger partial charge in [0.2, 0.25) is 5.91 Å². The number of anilines is 1. The van der Waals surface area contributed by atoms with Gasteiger partial charge >= 0.3 is 6.18 Å². The van der Waals surface area contributed by atoms with Crippen LogP contribution in [0.3, 0.4) is 0 Å². The maximum atomic E-state index is 13.1. The maximum absolute atomic E-state index is 13.1. The Morgan fingerprint density at radius 1 is 1.03 bits per heavy atom. The third kappa shape index (κ3) is 4.60. The second-order valence-electron chi connectivity index (χ2n) is 7.84. The predicted octanol–water partition coefficient (Wildman–Crippen LogP) is 4.26. The van der Waals surface area contributed by atoms with Gasteiger partial charge in [0.25, 0.3) is 5.56 Å². The van der Waals surface area contributed by atoms with Crippen LogP contribution in [0.4, 0.5) is 18.9 Å². The van der Waals surface area contributed by atoms with E-state index in [2.05, 4.69) is 15.6 Å². The number of halogens is 3. The highest BCUT2D eigenvalue weighted by Gasteiger charge is 2.34. The summed E-state index contributed by atoms with van der Waals surface area (Å²) in [6.45, 7) is 0.405. The number of rotatable bonds is 4. The van der Waals surface area contributed by atoms with Crippen LogP contribution >= 0.6 is 0 Å². The number of para-hydroxylation sites is 1. The molecule has 0 bridgehead atoms. The quantitative estimate of drug-likeness (QED) is 0.671. The van der Waals surface area contributed by atoms with Crippen molar-refractivity contribution in [3.05, 3.63) is 64.4 Å². The summed E-state index contributed by atoms with van der Waals surface area (Å²) in [6.07, 6.45) is -2.09. The zero-order chi connectivity index (χ0) is 22.0. The van der Waals surface area contributed by atoms with Crippen LogP contribution in [0.5, 0.6) is 0 Å². The average Bonchev–Trinajstić information content (AvgIpc) is 2.76. The van der Waals surface area contributed by atoms with Gasteiger partial charge in [-0.1, -0.05) is 29.5 Å². The molecule has 6 nitrogen and oxygen atoms in total. The van der Waals surface area contributed by atoms with Crippen molar-refractivity contribution in [2.75, 3.05) is 5.32 Å². The van der Waals surface area contributed by atoms with Crippen LogP contribution in [0.15, 0.2) is 53.3 Å². The molecule has 1 aliphatic carbocycles. The molecule has 1 amide bonds. The number of alkyl halides is 3. The Morgan fingerprint density at radius 3 is 2.45 bits per heavy atom. The van der Waals surface area contributed by atoms with E-state index in [0.29, 0.717) is 43.1 Å². The number of benzene rings is 2. The van der Waals surface area contributed by atoms with Crippen molar-refractivity contribution in [1.82, 2.24) is 15.0 Å². The van der Waals surface area contributed by atoms with Crippen LogP contribution in [-0.2, 0) is 17.5 Å². The molecule has 1 heterocycles. The topological polar surface area (TPSA) is 76.9 Å². The van der Waals surface area contributed by atoms with E-state index in [4.69, 9.17) is 0 Å². The molecule has 162 valence electrons. The number of aromatic nitrogens is 3. The minimum atomic E-state index is -4.53. The van der Waals surface area contributed by atoms with Gasteiger partial charge in [-0.05, 0) is 55.9 Å². The highest BCUT2D eigenvalue weighted by atomic mass is 19.4. The summed E-state index contributed by atoms with van der Waals surface area (Å²) in [5.74, 6) is -0.616. The molecule has 0 atom stereocenters. The minimum absolute atomic E-state index is 0.152. The fraction of sp³-hybridized carbons (Fsp3) is 0.364. The predicted molar refractivity (Wildman–Crippen MR) is 109 cm³/mol. The van der Waals surface area contributed by atoms with E-state index < -0.39 is 17.6 Å². The summed E-state index contributed by atoms with van der Waals surface area (Å²) >= 11 is 0. The summed E-state index contributed by atoms with van der Waals surface area (Å²) in [6, 6.07) is 12.0. The molecule has 31 heavy (non-hydrogen) atoms. The van der Waals surface area contributed by atoms with E-state index >= 15 is 0 Å². The van der Waals surface area contributed by atoms with Gasteiger partial charge in [0, 0.05) is 12.5 Å². The third-order valence-electron chi connectivity index (χ3n) is 5.77. The Labute approximate surface area is 176 Å². The number of carbonyl (C=O) groups excluding carboxylic acids is 1. The van der Waals surface area contributed by atoms with Crippen molar-refractivity contribution in [2.24, 2.45) is 11.8 Å². The van der Waals surface area contributed by atoms with E-state index in [1.807, 2.05) is 0 Å². The lowest BCUT2D eigenvalue weighted by Gasteiger charge is -2.28. The van der Waals surface area contributed by atoms with E-state index in [1.165, 1.54) is 22.9 Å². The number of hydrogen-bond donors (Lipinski definition) is 1. The van der Waals surface area contributed by atoms with Gasteiger partial charge in [0.1, 0.15) is 5.52 Å². The highest BCUT2D eigenvalue weighted by molar-refractivity contribution is 5.93. The van der Waals surface area contributed by atoms with E-state index in [9.17, 15) is 22.8 Å². The van der Waals surface area contributed by atoms with Crippen molar-refractivity contribution in [2.45, 2.75) is 38.4 Å². The number of amides is 1. The lowest BCUT2D eigenvalue weighted by atomic mass is 9.81. The summed E-state index contributed by atoms with van der Waals surface area (Å²) in [7, 11) is 0. The molecule has 2 aromatic carbocycles. The van der Waals surface area contributed by atoms with Crippen molar-refractivity contribution in [1.29, 1.82) is 0 Å². The van der Waals surface area contributed by atoms with Gasteiger partial charge in [0.15, 0.2) is 0 Å². The van der Waals surface area contributed by atoms with Crippen LogP contribution in [0, 0.1) is 11.8 Å². The molecule has 0 aliphatic heterocycles. The summed E-state index contributed by atoms with van der Waals surface area (Å²) < 4.78 is 40.8. The molecule has 1 aliphatic rings. The fourth-order valence-corrected chi connectivity index (χ4v) is 4.07. The Kier molecular flexibility index (Phi) is 5.75. The molecule has 4 rings (SSSR count). The molecule has 9 heteroatoms. The van der Waals surface area contributed by atoms with Crippen LogP contribution in [0.1, 0.15) is 31.2 Å². The van der Waals surface area contributed by atoms with Gasteiger partial charge in [0.05, 0.1) is 16.6 Å². The minimum Gasteiger partial charge on any atom is -0.325 e. The molecule has 3 aromatic rings. The van der Waals surface area contributed by atoms with Gasteiger partial charge in [-0.3, -0.25) is 9.59 Å². The lowest BCUT2D eigenvalue weighted by molar-refractivity contribution is -0.137. The third-order valence-corrected chi connectivity index (χ3v) is 5.77. The van der Waals surface area contributed by atoms with Crippen molar-refractivity contribution >= 4 is 22.5 Å². The van der Waals surface area contributed by atoms with Crippen molar-refractivity contribution < 1.29 is 18.0 Å². The average molecular weight is 430 g/mol. The zero-order valence-corrected chi connectivity index (χ0v) is 16.6. The second-order valence-corrected chi connectivity index (χ2v) is 7.84. The zero-order valence-electron chi connectivity index (χ0n) is 16.6. The van der Waals surface area contributed by atoms with Crippen LogP contribution < -0.4 is 10.9 Å². The molecule has 1 N–H and O–H groups in total. The fourth-order valence-electron chi connectivity index (χ4n) is 4.07. The Balaban J connectivity index is 1.38. The summed E-state index contributed by atoms with van der Waals surface area (Å²) in [5, 5.41) is 11.0. The summed E-state index contributed by atoms with van der Waals surface area (Å²) in [5.41, 5.74) is -0.733. The first-order chi connectivity index (χ1) is 14.8. The number of hydrogen-bond acceptors (Lipinski definition) is 4. The number of nitrogens with one attached hydrogen (secondary N) is 1. The maximum Gasteiger partial charge on any atom is 0.418 e. The monoisotopic (exact) mass is 430 g/mol. The van der Waals surface area contributed by atoms with Gasteiger partial charge < -0.3 is 5.32 Å². The molecule has 1 fully saturated rings. The molecule has 0 saturated heterocycles. The first-order valence-electron chi connectivity index (χ1n) is 10.1. The molecular weight excluding hydrogens is 409 g/mol. The Hall–Kier alpha value is -3.23. The molecule has 1 saturated carbocycles. The number of carbonyl (C=O) groups is 1. The van der Waals surface area contributed by atoms with Gasteiger partial charge in [-0.15, -0.1) is 5.10 Å². The number of nitrogens with zero attached hydrogens (tertiary/aromatic N) is 3. The van der Waals surface area contributed by atoms with Crippen molar-refractivity contribution in [3.8, 4) is 0 Å². The van der Waals surface area contributed by atoms with Crippen LogP contribution in [-0.4, -0.2) is 20.9 Å². The van der Waals surface area contributed by atoms with Crippen LogP contribution in [0.25, 0.3) is 10.9 Å². The molecule has 1 aromatic heterocycles. The summed E-state index contributed by atoms with van der Waals surface area (Å²) in [4.78, 5) is 25.2. The van der Waals surface area contributed by atoms with E-state index in [1.54, 1.807) is 24.3 Å². The smallest absolute Gasteiger partial charge is 0.325 e. The standard InChI is InChI=1S/C22H21F3N4O2/c23-22(24,25)17-6-2-4-8-19(17)26-20(30)15-11-9-14(10-12-15)13-29-21(31)16-5-1-3-7-18(16)27-28-29/h1-8,14-15H,9-13H2,(H,26,30). The molecule has 0 spiro atoms. The molecule has 0 radical (unpaired) electrons. The van der Waals surface area contributed by atoms with E-state index in [-0.39, 0.29) is 23.1 Å². The van der Waals surface area contributed by atoms with Crippen LogP contribution in [0.2, 0.25) is 0 Å². The van der Waals surface area contributed by atoms with Gasteiger partial charge in [-0.25, -0.2) is 4.68 Å². The molecule has 0 unspecified atom stereocenters.